The number of hydrogen-bond donors (Lipinski definition) is 8. The molecule has 0 bridgehead atoms. The van der Waals surface area contributed by atoms with E-state index in [4.69, 9.17) is 11.5 Å². The number of benzene rings is 2. The topological polar surface area (TPSA) is 272 Å². The normalized spacial score (nSPS) is 24.1. The number of amides is 7. The summed E-state index contributed by atoms with van der Waals surface area (Å²) in [5, 5.41) is 19.0. The molecular weight excluding hydrogens is 831 g/mol. The van der Waals surface area contributed by atoms with E-state index in [2.05, 4.69) is 41.9 Å². The zero-order chi connectivity index (χ0) is 46.3. The van der Waals surface area contributed by atoms with Gasteiger partial charge in [-0.2, -0.15) is 0 Å². The maximum atomic E-state index is 14.6. The monoisotopic (exact) mass is 896 g/mol. The molecule has 0 radical (unpaired) electrons. The van der Waals surface area contributed by atoms with Gasteiger partial charge >= 0.3 is 0 Å². The Labute approximate surface area is 379 Å². The molecule has 3 aliphatic heterocycles. The van der Waals surface area contributed by atoms with Crippen LogP contribution in [0.3, 0.4) is 0 Å². The SMILES string of the molecule is CC(=O)N[C@H](Cc1ccccc1)C(=O)N[C@@H]1CCCNC(=O)[C@H](CCCN=C(N)N)NC(=O)[C@H](CC2=c3ccccc3=NC2)NC(=O)[C@H](CC2CCCCC2)NC(=O)[C@H]2CCCN2C1=O. The highest BCUT2D eigenvalue weighted by Gasteiger charge is 2.40. The Morgan fingerprint density at radius 1 is 0.815 bits per heavy atom. The van der Waals surface area contributed by atoms with Gasteiger partial charge in [0.2, 0.25) is 41.4 Å². The summed E-state index contributed by atoms with van der Waals surface area (Å²) in [7, 11) is 0. The number of carbonyl (C=O) groups is 7. The Kier molecular flexibility index (Phi) is 17.4. The Hall–Kier alpha value is -6.33. The van der Waals surface area contributed by atoms with Crippen molar-refractivity contribution in [3.05, 3.63) is 70.7 Å². The molecule has 350 valence electrons. The minimum absolute atomic E-state index is 0.0705. The Morgan fingerprint density at radius 3 is 2.28 bits per heavy atom. The summed E-state index contributed by atoms with van der Waals surface area (Å²) in [6.07, 6.45) is 7.12. The predicted molar refractivity (Wildman–Crippen MR) is 244 cm³/mol. The molecule has 0 spiro atoms. The van der Waals surface area contributed by atoms with Crippen LogP contribution in [-0.4, -0.2) is 115 Å². The number of guanidine groups is 1. The molecule has 4 aliphatic rings. The molecule has 2 aromatic carbocycles. The van der Waals surface area contributed by atoms with Crippen LogP contribution in [-0.2, 0) is 40.0 Å². The maximum Gasteiger partial charge on any atom is 0.245 e. The largest absolute Gasteiger partial charge is 0.370 e. The first-order valence-electron chi connectivity index (χ1n) is 23.1. The van der Waals surface area contributed by atoms with E-state index in [0.29, 0.717) is 32.2 Å². The number of aliphatic imine (C=N–C) groups is 1. The fourth-order valence-electron chi connectivity index (χ4n) is 9.36. The van der Waals surface area contributed by atoms with Crippen LogP contribution in [0.1, 0.15) is 96.0 Å². The Bertz CT molecular complexity index is 2190. The minimum Gasteiger partial charge on any atom is -0.370 e. The molecule has 2 aromatic rings. The highest BCUT2D eigenvalue weighted by molar-refractivity contribution is 5.97. The highest BCUT2D eigenvalue weighted by atomic mass is 16.2. The first-order valence-corrected chi connectivity index (χ1v) is 23.1. The molecule has 6 rings (SSSR count). The van der Waals surface area contributed by atoms with E-state index >= 15 is 0 Å². The molecule has 2 saturated heterocycles. The standard InChI is InChI=1S/C47H65N11O7/c1-29(59)53-37(25-30-13-4-2-5-14-30)42(61)55-36-20-11-22-50-41(60)35(19-10-23-51-47(48)49)54-44(63)39(27-32-28-52-34-18-9-8-17-33(32)34)56-43(62)38(26-31-15-6-3-7-16-31)57-45(64)40-21-12-24-58(40)46(36)65/h2,4-5,8-9,13-14,17-18,31,35-40H,3,6-7,10-12,15-16,19-28H2,1H3,(H,50,60)(H,53,59)(H,54,63)(H,55,61)(H,56,62)(H,57,64)(H4,48,49,51)/t35-,36+,37+,38-,39-,40+/m0/s1. The molecule has 18 heteroatoms. The van der Waals surface area contributed by atoms with Gasteiger partial charge in [0.15, 0.2) is 5.96 Å². The van der Waals surface area contributed by atoms with Gasteiger partial charge in [-0.05, 0) is 68.1 Å². The zero-order valence-corrected chi connectivity index (χ0v) is 37.3. The van der Waals surface area contributed by atoms with Gasteiger partial charge in [0.25, 0.3) is 0 Å². The van der Waals surface area contributed by atoms with Crippen LogP contribution in [0.15, 0.2) is 64.6 Å². The van der Waals surface area contributed by atoms with E-state index in [1.807, 2.05) is 54.6 Å². The van der Waals surface area contributed by atoms with E-state index < -0.39 is 77.6 Å². The van der Waals surface area contributed by atoms with Crippen molar-refractivity contribution < 1.29 is 33.6 Å². The van der Waals surface area contributed by atoms with Crippen LogP contribution in [0, 0.1) is 5.92 Å². The fraction of sp³-hybridized carbons (Fsp3) is 0.553. The van der Waals surface area contributed by atoms with Crippen molar-refractivity contribution in [1.82, 2.24) is 36.8 Å². The van der Waals surface area contributed by atoms with Crippen LogP contribution in [0.5, 0.6) is 0 Å². The summed E-state index contributed by atoms with van der Waals surface area (Å²) in [5.74, 6) is -3.58. The van der Waals surface area contributed by atoms with Crippen LogP contribution in [0.2, 0.25) is 0 Å². The lowest BCUT2D eigenvalue weighted by Gasteiger charge is -2.32. The number of nitrogens with one attached hydrogen (secondary N) is 6. The van der Waals surface area contributed by atoms with Crippen LogP contribution >= 0.6 is 0 Å². The van der Waals surface area contributed by atoms with E-state index in [0.717, 1.165) is 53.8 Å². The summed E-state index contributed by atoms with van der Waals surface area (Å²) in [6, 6.07) is 10.5. The molecule has 3 fully saturated rings. The number of nitrogens with zero attached hydrogens (tertiary/aromatic N) is 3. The number of hydrogen-bond acceptors (Lipinski definition) is 9. The molecule has 7 amide bonds. The van der Waals surface area contributed by atoms with Gasteiger partial charge in [-0.15, -0.1) is 0 Å². The third-order valence-electron chi connectivity index (χ3n) is 12.7. The molecule has 1 saturated carbocycles. The van der Waals surface area contributed by atoms with Gasteiger partial charge in [0.05, 0.1) is 11.9 Å². The van der Waals surface area contributed by atoms with Gasteiger partial charge in [-0.1, -0.05) is 80.6 Å². The van der Waals surface area contributed by atoms with Crippen molar-refractivity contribution in [3.63, 3.8) is 0 Å². The highest BCUT2D eigenvalue weighted by Crippen LogP contribution is 2.28. The van der Waals surface area contributed by atoms with E-state index in [1.54, 1.807) is 0 Å². The molecule has 0 unspecified atom stereocenters. The molecule has 3 heterocycles. The smallest absolute Gasteiger partial charge is 0.245 e. The summed E-state index contributed by atoms with van der Waals surface area (Å²) in [6.45, 7) is 2.16. The fourth-order valence-corrected chi connectivity index (χ4v) is 9.36. The van der Waals surface area contributed by atoms with Crippen LogP contribution < -0.4 is 53.9 Å². The van der Waals surface area contributed by atoms with Gasteiger partial charge < -0.3 is 48.3 Å². The molecule has 6 atom stereocenters. The summed E-state index contributed by atoms with van der Waals surface area (Å²) < 4.78 is 0. The average molecular weight is 896 g/mol. The van der Waals surface area contributed by atoms with Gasteiger partial charge in [-0.3, -0.25) is 43.5 Å². The number of carbonyl (C=O) groups excluding carboxylic acids is 7. The first-order chi connectivity index (χ1) is 31.4. The first kappa shape index (κ1) is 48.1. The van der Waals surface area contributed by atoms with Crippen molar-refractivity contribution in [3.8, 4) is 0 Å². The van der Waals surface area contributed by atoms with Crippen molar-refractivity contribution in [2.75, 3.05) is 26.2 Å². The van der Waals surface area contributed by atoms with E-state index in [1.165, 1.54) is 11.8 Å². The number of para-hydroxylation sites is 1. The van der Waals surface area contributed by atoms with Gasteiger partial charge in [0, 0.05) is 44.6 Å². The molecule has 1 aliphatic carbocycles. The van der Waals surface area contributed by atoms with Crippen molar-refractivity contribution >= 4 is 52.9 Å². The number of fused-ring (bicyclic) bond motifs is 2. The zero-order valence-electron chi connectivity index (χ0n) is 37.3. The van der Waals surface area contributed by atoms with Crippen LogP contribution in [0.4, 0.5) is 0 Å². The second-order valence-corrected chi connectivity index (χ2v) is 17.6. The quantitative estimate of drug-likeness (QED) is 0.0729. The Morgan fingerprint density at radius 2 is 1.52 bits per heavy atom. The minimum atomic E-state index is -1.13. The van der Waals surface area contributed by atoms with Gasteiger partial charge in [0.1, 0.15) is 36.3 Å². The predicted octanol–water partition coefficient (Wildman–Crippen LogP) is -0.528. The lowest BCUT2D eigenvalue weighted by molar-refractivity contribution is -0.142. The average Bonchev–Trinajstić information content (AvgIpc) is 3.95. The summed E-state index contributed by atoms with van der Waals surface area (Å²) in [4.78, 5) is 108. The molecule has 10 N–H and O–H groups in total. The number of rotatable bonds is 13. The maximum absolute atomic E-state index is 14.6. The summed E-state index contributed by atoms with van der Waals surface area (Å²) >= 11 is 0. The van der Waals surface area contributed by atoms with E-state index in [-0.39, 0.29) is 63.6 Å². The Balaban J connectivity index is 1.31. The molecule has 65 heavy (non-hydrogen) atoms. The van der Waals surface area contributed by atoms with Gasteiger partial charge in [-0.25, -0.2) is 0 Å². The van der Waals surface area contributed by atoms with Crippen LogP contribution in [0.25, 0.3) is 5.57 Å². The van der Waals surface area contributed by atoms with Crippen molar-refractivity contribution in [2.45, 2.75) is 133 Å². The molecular formula is C47H65N11O7. The molecule has 0 aromatic heterocycles. The van der Waals surface area contributed by atoms with Crippen molar-refractivity contribution in [2.24, 2.45) is 27.4 Å². The second kappa shape index (κ2) is 23.6. The van der Waals surface area contributed by atoms with E-state index in [9.17, 15) is 33.6 Å². The number of nitrogens with two attached hydrogens (primary N) is 2. The second-order valence-electron chi connectivity index (χ2n) is 17.6. The molecule has 18 nitrogen and oxygen atoms in total. The lowest BCUT2D eigenvalue weighted by atomic mass is 9.84. The third kappa shape index (κ3) is 13.8. The summed E-state index contributed by atoms with van der Waals surface area (Å²) in [5.41, 5.74) is 12.7. The van der Waals surface area contributed by atoms with Crippen molar-refractivity contribution in [1.29, 1.82) is 0 Å². The lowest BCUT2D eigenvalue weighted by Crippen LogP contribution is -2.60. The third-order valence-corrected chi connectivity index (χ3v) is 12.7.